The minimum atomic E-state index is -2.50. The second-order valence-electron chi connectivity index (χ2n) is 9.57. The number of hydrogen-bond donors (Lipinski definition) is 1. The van der Waals surface area contributed by atoms with Crippen LogP contribution in [0.1, 0.15) is 62.4 Å². The number of aromatic nitrogens is 1. The van der Waals surface area contributed by atoms with Crippen molar-refractivity contribution in [3.8, 4) is 0 Å². The van der Waals surface area contributed by atoms with E-state index in [1.54, 1.807) is 17.5 Å². The fourth-order valence-corrected chi connectivity index (χ4v) is 9.98. The van der Waals surface area contributed by atoms with Crippen LogP contribution in [0.5, 0.6) is 0 Å². The molecule has 0 fully saturated rings. The number of carbonyl (C=O) groups excluding carboxylic acids is 1. The highest BCUT2D eigenvalue weighted by atomic mass is 32.1. The first kappa shape index (κ1) is 26.1. The number of rotatable bonds is 11. The van der Waals surface area contributed by atoms with Gasteiger partial charge in [-0.05, 0) is 41.6 Å². The van der Waals surface area contributed by atoms with Gasteiger partial charge in [-0.3, -0.25) is 0 Å². The van der Waals surface area contributed by atoms with Gasteiger partial charge in [0.05, 0.1) is 9.88 Å². The van der Waals surface area contributed by atoms with Gasteiger partial charge in [-0.15, -0.1) is 11.3 Å². The summed E-state index contributed by atoms with van der Waals surface area (Å²) < 4.78 is 12.3. The summed E-state index contributed by atoms with van der Waals surface area (Å²) in [5.74, 6) is 0. The topological polar surface area (TPSA) is 74.4 Å². The molecule has 182 valence electrons. The maximum Gasteiger partial charge on any atom is 0.405 e. The number of benzene rings is 2. The van der Waals surface area contributed by atoms with Crippen molar-refractivity contribution in [3.05, 3.63) is 76.7 Å². The number of unbranched alkanes of at least 4 members (excludes halogenated alkanes) is 2. The zero-order valence-electron chi connectivity index (χ0n) is 20.6. The lowest BCUT2D eigenvalue weighted by atomic mass is 10.1. The molecule has 2 aromatic carbocycles. The third kappa shape index (κ3) is 6.34. The average molecular weight is 497 g/mol. The third-order valence-electron chi connectivity index (χ3n) is 6.06. The van der Waals surface area contributed by atoms with Gasteiger partial charge in [-0.2, -0.15) is 0 Å². The second kappa shape index (κ2) is 11.8. The van der Waals surface area contributed by atoms with E-state index in [-0.39, 0.29) is 11.1 Å². The zero-order valence-corrected chi connectivity index (χ0v) is 22.4. The monoisotopic (exact) mass is 496 g/mol. The minimum absolute atomic E-state index is 0.0276. The Morgan fingerprint density at radius 2 is 1.59 bits per heavy atom. The molecule has 34 heavy (non-hydrogen) atoms. The molecular formula is C27H36N2O3SSi. The van der Waals surface area contributed by atoms with Crippen molar-refractivity contribution in [2.24, 2.45) is 5.73 Å². The van der Waals surface area contributed by atoms with Crippen LogP contribution in [-0.2, 0) is 9.16 Å². The van der Waals surface area contributed by atoms with Crippen LogP contribution in [0.25, 0.3) is 0 Å². The molecule has 3 aromatic rings. The average Bonchev–Trinajstić information content (AvgIpc) is 3.24. The summed E-state index contributed by atoms with van der Waals surface area (Å²) in [5.41, 5.74) is 5.30. The number of hydrogen-bond acceptors (Lipinski definition) is 5. The van der Waals surface area contributed by atoms with Gasteiger partial charge in [0.2, 0.25) is 0 Å². The van der Waals surface area contributed by atoms with E-state index in [2.05, 4.69) is 86.4 Å². The van der Waals surface area contributed by atoms with Crippen LogP contribution < -0.4 is 16.1 Å². The second-order valence-corrected chi connectivity index (χ2v) is 15.1. The Morgan fingerprint density at radius 1 is 1.00 bits per heavy atom. The first-order valence-corrected chi connectivity index (χ1v) is 14.6. The molecule has 1 unspecified atom stereocenters. The molecule has 0 bridgehead atoms. The van der Waals surface area contributed by atoms with Gasteiger partial charge in [0.15, 0.2) is 0 Å². The molecule has 0 aliphatic carbocycles. The number of primary amides is 1. The molecule has 0 saturated carbocycles. The SMILES string of the molecule is Cc1ncc(C(CCCCCO[Si](c2ccccc2)(c2ccccc2)C(C)(C)C)OC(N)=O)s1. The van der Waals surface area contributed by atoms with Gasteiger partial charge in [0, 0.05) is 12.8 Å². The molecule has 0 radical (unpaired) electrons. The standard InChI is InChI=1S/C27H36N2O3SSi/c1-21-29-20-25(33-21)24(32-26(28)30)18-12-7-13-19-31-34(27(2,3)4,22-14-8-5-9-15-22)23-16-10-6-11-17-23/h5-6,8-11,14-17,20,24H,7,12-13,18-19H2,1-4H3,(H2,28,30). The van der Waals surface area contributed by atoms with E-state index in [1.165, 1.54) is 10.4 Å². The molecule has 1 heterocycles. The summed E-state index contributed by atoms with van der Waals surface area (Å²) in [7, 11) is -2.50. The van der Waals surface area contributed by atoms with E-state index in [0.29, 0.717) is 6.61 Å². The van der Waals surface area contributed by atoms with Crippen LogP contribution in [0, 0.1) is 6.92 Å². The Balaban J connectivity index is 1.66. The Bertz CT molecular complexity index is 995. The molecule has 0 saturated heterocycles. The lowest BCUT2D eigenvalue weighted by Crippen LogP contribution is -2.66. The third-order valence-corrected chi connectivity index (χ3v) is 12.1. The molecule has 0 aliphatic rings. The van der Waals surface area contributed by atoms with Crippen molar-refractivity contribution in [1.82, 2.24) is 4.98 Å². The zero-order chi connectivity index (χ0) is 24.6. The molecule has 0 aliphatic heterocycles. The molecule has 1 aromatic heterocycles. The lowest BCUT2D eigenvalue weighted by Gasteiger charge is -2.43. The van der Waals surface area contributed by atoms with Crippen LogP contribution in [0.4, 0.5) is 4.79 Å². The van der Waals surface area contributed by atoms with Crippen molar-refractivity contribution >= 4 is 36.1 Å². The van der Waals surface area contributed by atoms with E-state index in [0.717, 1.165) is 35.6 Å². The summed E-state index contributed by atoms with van der Waals surface area (Å²) in [4.78, 5) is 16.6. The van der Waals surface area contributed by atoms with Crippen LogP contribution in [0.3, 0.4) is 0 Å². The Hall–Kier alpha value is -2.48. The van der Waals surface area contributed by atoms with Crippen molar-refractivity contribution in [3.63, 3.8) is 0 Å². The van der Waals surface area contributed by atoms with E-state index in [4.69, 9.17) is 14.9 Å². The largest absolute Gasteiger partial charge is 0.441 e. The quantitative estimate of drug-likeness (QED) is 0.272. The molecular weight excluding hydrogens is 460 g/mol. The first-order chi connectivity index (χ1) is 16.2. The highest BCUT2D eigenvalue weighted by Crippen LogP contribution is 2.37. The smallest absolute Gasteiger partial charge is 0.405 e. The minimum Gasteiger partial charge on any atom is -0.441 e. The van der Waals surface area contributed by atoms with Crippen LogP contribution >= 0.6 is 11.3 Å². The Labute approximate surface area is 208 Å². The normalized spacial score (nSPS) is 12.9. The number of amides is 1. The molecule has 1 amide bonds. The van der Waals surface area contributed by atoms with Gasteiger partial charge in [-0.25, -0.2) is 9.78 Å². The van der Waals surface area contributed by atoms with Crippen molar-refractivity contribution < 1.29 is 14.0 Å². The van der Waals surface area contributed by atoms with Crippen molar-refractivity contribution in [2.75, 3.05) is 6.61 Å². The maximum atomic E-state index is 11.4. The lowest BCUT2D eigenvalue weighted by molar-refractivity contribution is 0.101. The summed E-state index contributed by atoms with van der Waals surface area (Å²) in [5, 5.41) is 3.51. The molecule has 2 N–H and O–H groups in total. The van der Waals surface area contributed by atoms with E-state index < -0.39 is 14.4 Å². The summed E-state index contributed by atoms with van der Waals surface area (Å²) in [6.45, 7) is 9.51. The van der Waals surface area contributed by atoms with Crippen LogP contribution in [-0.4, -0.2) is 26.0 Å². The summed E-state index contributed by atoms with van der Waals surface area (Å²) in [6, 6.07) is 21.4. The number of nitrogens with two attached hydrogens (primary N) is 1. The number of carbonyl (C=O) groups is 1. The molecule has 3 rings (SSSR count). The van der Waals surface area contributed by atoms with Crippen LogP contribution in [0.2, 0.25) is 5.04 Å². The molecule has 0 spiro atoms. The van der Waals surface area contributed by atoms with E-state index >= 15 is 0 Å². The number of nitrogens with zero attached hydrogens (tertiary/aromatic N) is 1. The van der Waals surface area contributed by atoms with Gasteiger partial charge in [0.1, 0.15) is 6.10 Å². The van der Waals surface area contributed by atoms with Gasteiger partial charge >= 0.3 is 6.09 Å². The number of aryl methyl sites for hydroxylation is 1. The predicted octanol–water partition coefficient (Wildman–Crippen LogP) is 5.72. The predicted molar refractivity (Wildman–Crippen MR) is 142 cm³/mol. The Kier molecular flexibility index (Phi) is 9.05. The summed E-state index contributed by atoms with van der Waals surface area (Å²) >= 11 is 1.54. The van der Waals surface area contributed by atoms with Gasteiger partial charge in [0.25, 0.3) is 8.32 Å². The fraction of sp³-hybridized carbons (Fsp3) is 0.407. The highest BCUT2D eigenvalue weighted by Gasteiger charge is 2.49. The molecule has 7 heteroatoms. The van der Waals surface area contributed by atoms with Crippen molar-refractivity contribution in [2.45, 2.75) is 64.5 Å². The van der Waals surface area contributed by atoms with E-state index in [1.807, 2.05) is 6.92 Å². The Morgan fingerprint density at radius 3 is 2.06 bits per heavy atom. The first-order valence-electron chi connectivity index (χ1n) is 11.9. The maximum absolute atomic E-state index is 11.4. The summed E-state index contributed by atoms with van der Waals surface area (Å²) in [6.07, 6.45) is 4.26. The van der Waals surface area contributed by atoms with Crippen molar-refractivity contribution in [1.29, 1.82) is 0 Å². The van der Waals surface area contributed by atoms with Gasteiger partial charge < -0.3 is 14.9 Å². The molecule has 5 nitrogen and oxygen atoms in total. The number of ether oxygens (including phenoxy) is 1. The molecule has 1 atom stereocenters. The van der Waals surface area contributed by atoms with Gasteiger partial charge in [-0.1, -0.05) is 87.9 Å². The highest BCUT2D eigenvalue weighted by molar-refractivity contribution is 7.11. The fourth-order valence-electron chi connectivity index (χ4n) is 4.52. The number of thiazole rings is 1. The van der Waals surface area contributed by atoms with E-state index in [9.17, 15) is 4.79 Å². The van der Waals surface area contributed by atoms with Crippen LogP contribution in [0.15, 0.2) is 66.9 Å².